The predicted molar refractivity (Wildman–Crippen MR) is 79.1 cm³/mol. The lowest BCUT2D eigenvalue weighted by Gasteiger charge is -2.17. The van der Waals surface area contributed by atoms with Gasteiger partial charge in [-0.25, -0.2) is 4.57 Å². The van der Waals surface area contributed by atoms with Crippen molar-refractivity contribution in [1.82, 2.24) is 0 Å². The molecule has 2 aromatic carbocycles. The van der Waals surface area contributed by atoms with Gasteiger partial charge in [0.1, 0.15) is 17.1 Å². The van der Waals surface area contributed by atoms with Crippen molar-refractivity contribution in [1.29, 1.82) is 0 Å². The van der Waals surface area contributed by atoms with Crippen molar-refractivity contribution in [2.24, 2.45) is 0 Å². The summed E-state index contributed by atoms with van der Waals surface area (Å²) in [5.41, 5.74) is -0.439. The van der Waals surface area contributed by atoms with Crippen LogP contribution in [0.4, 0.5) is 5.69 Å². The zero-order valence-electron chi connectivity index (χ0n) is 10.7. The summed E-state index contributed by atoms with van der Waals surface area (Å²) in [5.74, 6) is 0.545. The lowest BCUT2D eigenvalue weighted by atomic mass is 10.3. The lowest BCUT2D eigenvalue weighted by Crippen LogP contribution is -2.02. The molecule has 0 aliphatic rings. The van der Waals surface area contributed by atoms with Crippen LogP contribution in [0.1, 0.15) is 0 Å². The van der Waals surface area contributed by atoms with Gasteiger partial charge in [-0.05, 0) is 24.3 Å². The molecular formula is C13H11ClNO5P. The van der Waals surface area contributed by atoms with Gasteiger partial charge in [-0.3, -0.25) is 10.1 Å². The third kappa shape index (κ3) is 4.21. The van der Waals surface area contributed by atoms with E-state index in [-0.39, 0.29) is 17.1 Å². The van der Waals surface area contributed by atoms with E-state index >= 15 is 0 Å². The third-order valence-corrected chi connectivity index (χ3v) is 4.58. The molecule has 0 saturated carbocycles. The van der Waals surface area contributed by atoms with Crippen LogP contribution in [0.5, 0.6) is 11.5 Å². The third-order valence-electron chi connectivity index (χ3n) is 2.43. The molecule has 21 heavy (non-hydrogen) atoms. The summed E-state index contributed by atoms with van der Waals surface area (Å²) in [4.78, 5) is 10.0. The number of halogens is 1. The summed E-state index contributed by atoms with van der Waals surface area (Å²) in [6, 6.07) is 13.6. The maximum absolute atomic E-state index is 12.4. The maximum Gasteiger partial charge on any atom is 0.445 e. The van der Waals surface area contributed by atoms with E-state index in [1.54, 1.807) is 30.3 Å². The van der Waals surface area contributed by atoms with E-state index in [1.807, 2.05) is 0 Å². The minimum atomic E-state index is -3.59. The Kier molecular flexibility index (Phi) is 4.83. The van der Waals surface area contributed by atoms with Crippen LogP contribution in [0.3, 0.4) is 0 Å². The monoisotopic (exact) mass is 327 g/mol. The van der Waals surface area contributed by atoms with Crippen molar-refractivity contribution in [3.8, 4) is 11.5 Å². The molecule has 0 aliphatic heterocycles. The Balaban J connectivity index is 2.14. The van der Waals surface area contributed by atoms with Gasteiger partial charge >= 0.3 is 7.60 Å². The van der Waals surface area contributed by atoms with Crippen molar-refractivity contribution in [2.75, 3.05) is 5.62 Å². The Morgan fingerprint density at radius 1 is 1.00 bits per heavy atom. The van der Waals surface area contributed by atoms with E-state index in [2.05, 4.69) is 0 Å². The molecule has 0 amide bonds. The number of benzene rings is 2. The fourth-order valence-corrected chi connectivity index (χ4v) is 2.81. The summed E-state index contributed by atoms with van der Waals surface area (Å²) in [6.45, 7) is 0. The number of nitrogens with zero attached hydrogens (tertiary/aromatic N) is 1. The predicted octanol–water partition coefficient (Wildman–Crippen LogP) is 4.44. The quantitative estimate of drug-likeness (QED) is 0.339. The van der Waals surface area contributed by atoms with Crippen molar-refractivity contribution in [3.63, 3.8) is 0 Å². The highest BCUT2D eigenvalue weighted by Crippen LogP contribution is 2.49. The van der Waals surface area contributed by atoms with Gasteiger partial charge in [0.15, 0.2) is 0 Å². The van der Waals surface area contributed by atoms with E-state index in [4.69, 9.17) is 20.6 Å². The topological polar surface area (TPSA) is 78.7 Å². The van der Waals surface area contributed by atoms with Gasteiger partial charge in [-0.1, -0.05) is 18.2 Å². The first-order valence-electron chi connectivity index (χ1n) is 5.86. The van der Waals surface area contributed by atoms with E-state index < -0.39 is 12.5 Å². The summed E-state index contributed by atoms with van der Waals surface area (Å²) >= 11 is 5.67. The summed E-state index contributed by atoms with van der Waals surface area (Å²) in [7, 11) is -3.59. The van der Waals surface area contributed by atoms with Crippen molar-refractivity contribution in [3.05, 3.63) is 64.7 Å². The molecule has 0 saturated heterocycles. The highest BCUT2D eigenvalue weighted by molar-refractivity contribution is 7.56. The fraction of sp³-hybridized carbons (Fsp3) is 0.0769. The van der Waals surface area contributed by atoms with Crippen LogP contribution >= 0.6 is 19.2 Å². The molecule has 1 unspecified atom stereocenters. The molecule has 110 valence electrons. The molecule has 0 N–H and O–H groups in total. The molecule has 0 radical (unpaired) electrons. The Morgan fingerprint density at radius 2 is 1.52 bits per heavy atom. The number of hydrogen-bond donors (Lipinski definition) is 0. The molecule has 0 spiro atoms. The number of non-ortho nitro benzene ring substituents is 1. The molecule has 0 heterocycles. The van der Waals surface area contributed by atoms with Crippen LogP contribution < -0.4 is 9.05 Å². The summed E-state index contributed by atoms with van der Waals surface area (Å²) in [5, 5.41) is 10.6. The number of alkyl halides is 1. The van der Waals surface area contributed by atoms with Crippen LogP contribution in [0, 0.1) is 10.1 Å². The van der Waals surface area contributed by atoms with Gasteiger partial charge in [-0.15, -0.1) is 11.6 Å². The average Bonchev–Trinajstić information content (AvgIpc) is 2.48. The summed E-state index contributed by atoms with van der Waals surface area (Å²) in [6.07, 6.45) is 0. The van der Waals surface area contributed by atoms with Crippen LogP contribution in [0.25, 0.3) is 0 Å². The van der Waals surface area contributed by atoms with Gasteiger partial charge in [0.05, 0.1) is 4.92 Å². The van der Waals surface area contributed by atoms with Gasteiger partial charge in [0.25, 0.3) is 5.69 Å². The molecule has 6 nitrogen and oxygen atoms in total. The second-order valence-corrected chi connectivity index (χ2v) is 6.52. The lowest BCUT2D eigenvalue weighted by molar-refractivity contribution is -0.384. The Bertz CT molecular complexity index is 662. The van der Waals surface area contributed by atoms with E-state index in [9.17, 15) is 14.7 Å². The molecule has 2 aromatic rings. The molecule has 1 atom stereocenters. The highest BCUT2D eigenvalue weighted by Gasteiger charge is 2.27. The molecule has 0 bridgehead atoms. The average molecular weight is 328 g/mol. The Labute approximate surface area is 125 Å². The number of nitro groups is 1. The van der Waals surface area contributed by atoms with Crippen LogP contribution in [-0.4, -0.2) is 10.5 Å². The first-order chi connectivity index (χ1) is 10.0. The second-order valence-electron chi connectivity index (χ2n) is 3.98. The Morgan fingerprint density at radius 3 is 2.00 bits per heavy atom. The van der Waals surface area contributed by atoms with Crippen LogP contribution in [0.2, 0.25) is 0 Å². The smallest absolute Gasteiger partial charge is 0.415 e. The first kappa shape index (κ1) is 15.4. The molecule has 2 rings (SSSR count). The van der Waals surface area contributed by atoms with Gasteiger partial charge in [0, 0.05) is 12.1 Å². The highest BCUT2D eigenvalue weighted by atomic mass is 35.5. The van der Waals surface area contributed by atoms with E-state index in [1.165, 1.54) is 24.3 Å². The standard InChI is InChI=1S/C13H11ClNO5P/c14-10-21(18,19-12-4-2-1-3-5-12)20-13-8-6-11(7-9-13)15(16)17/h1-9H,10H2. The zero-order chi connectivity index (χ0) is 15.3. The SMILES string of the molecule is O=[N+]([O-])c1ccc(OP(=O)(CCl)Oc2ccccc2)cc1. The molecule has 0 aromatic heterocycles. The van der Waals surface area contributed by atoms with Crippen molar-refractivity contribution >= 4 is 24.9 Å². The number of hydrogen-bond acceptors (Lipinski definition) is 5. The van der Waals surface area contributed by atoms with Gasteiger partial charge < -0.3 is 9.05 Å². The van der Waals surface area contributed by atoms with E-state index in [0.717, 1.165) is 0 Å². The van der Waals surface area contributed by atoms with Crippen molar-refractivity contribution < 1.29 is 18.5 Å². The minimum absolute atomic E-state index is 0.0907. The molecule has 8 heteroatoms. The number of nitro benzene ring substituents is 1. The molecule has 0 aliphatic carbocycles. The molecule has 0 fully saturated rings. The van der Waals surface area contributed by atoms with Crippen molar-refractivity contribution in [2.45, 2.75) is 0 Å². The van der Waals surface area contributed by atoms with Gasteiger partial charge in [-0.2, -0.15) is 0 Å². The number of rotatable bonds is 6. The first-order valence-corrected chi connectivity index (χ1v) is 8.12. The van der Waals surface area contributed by atoms with Crippen LogP contribution in [-0.2, 0) is 4.57 Å². The summed E-state index contributed by atoms with van der Waals surface area (Å²) < 4.78 is 23.0. The van der Waals surface area contributed by atoms with Gasteiger partial charge in [0.2, 0.25) is 0 Å². The normalized spacial score (nSPS) is 13.2. The van der Waals surface area contributed by atoms with Crippen LogP contribution in [0.15, 0.2) is 54.6 Å². The molecular weight excluding hydrogens is 317 g/mol. The minimum Gasteiger partial charge on any atom is -0.415 e. The Hall–Kier alpha value is -2.04. The maximum atomic E-state index is 12.4. The van der Waals surface area contributed by atoms with E-state index in [0.29, 0.717) is 5.75 Å². The largest absolute Gasteiger partial charge is 0.445 e. The fourth-order valence-electron chi connectivity index (χ4n) is 1.50. The number of para-hydroxylation sites is 1. The second kappa shape index (κ2) is 6.61. The zero-order valence-corrected chi connectivity index (χ0v) is 12.4.